The van der Waals surface area contributed by atoms with Crippen LogP contribution in [0.4, 0.5) is 13.2 Å². The van der Waals surface area contributed by atoms with Crippen LogP contribution in [0.2, 0.25) is 0 Å². The molecule has 1 N–H and O–H groups in total. The van der Waals surface area contributed by atoms with E-state index in [9.17, 15) is 23.1 Å². The smallest absolute Gasteiger partial charge is 0.458 e. The van der Waals surface area contributed by atoms with Gasteiger partial charge in [-0.05, 0) is 58.1 Å². The zero-order chi connectivity index (χ0) is 25.8. The van der Waals surface area contributed by atoms with Crippen LogP contribution in [0.1, 0.15) is 35.1 Å². The number of hydrogen-bond acceptors (Lipinski definition) is 3. The molecule has 4 aliphatic carbocycles. The lowest BCUT2D eigenvalue weighted by atomic mass is 9.44. The lowest BCUT2D eigenvalue weighted by molar-refractivity contribution is -0.209. The predicted octanol–water partition coefficient (Wildman–Crippen LogP) is 6.43. The lowest BCUT2D eigenvalue weighted by Gasteiger charge is -2.61. The summed E-state index contributed by atoms with van der Waals surface area (Å²) in [4.78, 5) is 12.1. The summed E-state index contributed by atoms with van der Waals surface area (Å²) < 4.78 is 45.1. The van der Waals surface area contributed by atoms with Crippen molar-refractivity contribution in [1.82, 2.24) is 0 Å². The SMILES string of the molecule is O=C(OC[C@@]12C(=C(c3ccccc3)c3ccccc3[C@@]1(O)c1ccccc1)C1C=CC2CC1)C(F)(F)F. The molecule has 1 saturated carbocycles. The summed E-state index contributed by atoms with van der Waals surface area (Å²) >= 11 is 0. The van der Waals surface area contributed by atoms with Crippen LogP contribution in [-0.2, 0) is 15.1 Å². The van der Waals surface area contributed by atoms with Gasteiger partial charge in [0.15, 0.2) is 0 Å². The molecular formula is C31H25F3O3. The average molecular weight is 503 g/mol. The van der Waals surface area contributed by atoms with Crippen molar-refractivity contribution < 1.29 is 27.8 Å². The van der Waals surface area contributed by atoms with Gasteiger partial charge in [0.2, 0.25) is 0 Å². The average Bonchev–Trinajstić information content (AvgIpc) is 2.93. The van der Waals surface area contributed by atoms with Gasteiger partial charge in [-0.1, -0.05) is 97.1 Å². The Morgan fingerprint density at radius 1 is 0.892 bits per heavy atom. The van der Waals surface area contributed by atoms with Gasteiger partial charge in [-0.25, -0.2) is 4.79 Å². The Hall–Kier alpha value is -3.64. The predicted molar refractivity (Wildman–Crippen MR) is 133 cm³/mol. The van der Waals surface area contributed by atoms with E-state index in [-0.39, 0.29) is 11.8 Å². The van der Waals surface area contributed by atoms with Crippen molar-refractivity contribution in [2.45, 2.75) is 24.6 Å². The van der Waals surface area contributed by atoms with Crippen molar-refractivity contribution in [1.29, 1.82) is 0 Å². The number of fused-ring (bicyclic) bond motifs is 2. The minimum Gasteiger partial charge on any atom is -0.458 e. The first kappa shape index (κ1) is 23.7. The molecule has 2 unspecified atom stereocenters. The summed E-state index contributed by atoms with van der Waals surface area (Å²) in [7, 11) is 0. The summed E-state index contributed by atoms with van der Waals surface area (Å²) in [5.74, 6) is -2.71. The summed E-state index contributed by atoms with van der Waals surface area (Å²) in [6.07, 6.45) is 0.408. The summed E-state index contributed by atoms with van der Waals surface area (Å²) in [5, 5.41) is 13.0. The van der Waals surface area contributed by atoms with E-state index >= 15 is 0 Å². The Bertz CT molecular complexity index is 1410. The molecule has 3 aromatic rings. The second kappa shape index (κ2) is 8.45. The zero-order valence-electron chi connectivity index (χ0n) is 19.9. The molecule has 37 heavy (non-hydrogen) atoms. The fraction of sp³-hybridized carbons (Fsp3) is 0.258. The van der Waals surface area contributed by atoms with E-state index in [1.165, 1.54) is 0 Å². The van der Waals surface area contributed by atoms with Gasteiger partial charge in [0.05, 0.1) is 5.41 Å². The monoisotopic (exact) mass is 502 g/mol. The topological polar surface area (TPSA) is 46.5 Å². The first-order valence-electron chi connectivity index (χ1n) is 12.4. The number of esters is 1. The first-order valence-corrected chi connectivity index (χ1v) is 12.4. The second-order valence-electron chi connectivity index (χ2n) is 10.00. The van der Waals surface area contributed by atoms with Gasteiger partial charge in [0.1, 0.15) is 12.2 Å². The molecule has 7 rings (SSSR count). The summed E-state index contributed by atoms with van der Waals surface area (Å²) in [6, 6.07) is 26.3. The molecule has 4 atom stereocenters. The van der Waals surface area contributed by atoms with Crippen molar-refractivity contribution in [2.24, 2.45) is 17.3 Å². The number of ether oxygens (including phenoxy) is 1. The van der Waals surface area contributed by atoms with E-state index in [0.717, 1.165) is 28.7 Å². The number of carbonyl (C=O) groups excluding carboxylic acids is 1. The molecule has 6 heteroatoms. The van der Waals surface area contributed by atoms with Gasteiger partial charge in [-0.15, -0.1) is 0 Å². The third-order valence-corrected chi connectivity index (χ3v) is 8.27. The molecule has 0 saturated heterocycles. The molecule has 0 heterocycles. The molecular weight excluding hydrogens is 477 g/mol. The van der Waals surface area contributed by atoms with Crippen molar-refractivity contribution >= 4 is 11.5 Å². The Labute approximate surface area is 212 Å². The van der Waals surface area contributed by atoms with Gasteiger partial charge < -0.3 is 9.84 Å². The highest BCUT2D eigenvalue weighted by molar-refractivity contribution is 5.89. The summed E-state index contributed by atoms with van der Waals surface area (Å²) in [6.45, 7) is -0.595. The molecule has 3 nitrogen and oxygen atoms in total. The minimum atomic E-state index is -5.14. The quantitative estimate of drug-likeness (QED) is 0.331. The third kappa shape index (κ3) is 3.35. The molecule has 188 valence electrons. The zero-order valence-corrected chi connectivity index (χ0v) is 19.9. The maximum Gasteiger partial charge on any atom is 0.490 e. The minimum absolute atomic E-state index is 0.117. The number of hydrogen-bond donors (Lipinski definition) is 1. The highest BCUT2D eigenvalue weighted by Gasteiger charge is 2.66. The van der Waals surface area contributed by atoms with Crippen molar-refractivity contribution in [3.63, 3.8) is 0 Å². The van der Waals surface area contributed by atoms with Gasteiger partial charge in [-0.3, -0.25) is 0 Å². The normalized spacial score (nSPS) is 28.0. The molecule has 3 aromatic carbocycles. The standard InChI is InChI=1S/C31H25F3O3/c32-31(33,34)28(35)37-19-29-22-17-15-21(16-18-22)27(29)26(20-9-3-1-4-10-20)24-13-7-8-14-25(24)30(29,36)23-11-5-2-6-12-23/h1-15,17,21-22,36H,16,18-19H2/t21?,22?,29-,30+/m1/s1. The molecule has 0 radical (unpaired) electrons. The van der Waals surface area contributed by atoms with Crippen molar-refractivity contribution in [3.05, 3.63) is 125 Å². The van der Waals surface area contributed by atoms with Crippen LogP contribution in [-0.4, -0.2) is 23.9 Å². The number of allylic oxidation sites excluding steroid dienone is 2. The number of alkyl halides is 3. The van der Waals surface area contributed by atoms with Gasteiger partial charge in [0.25, 0.3) is 0 Å². The van der Waals surface area contributed by atoms with E-state index in [1.54, 1.807) is 24.3 Å². The van der Waals surface area contributed by atoms with E-state index < -0.39 is 29.8 Å². The van der Waals surface area contributed by atoms with Gasteiger partial charge in [0, 0.05) is 0 Å². The Kier molecular flexibility index (Phi) is 5.42. The molecule has 4 aliphatic rings. The fourth-order valence-corrected chi connectivity index (χ4v) is 6.83. The number of benzene rings is 3. The highest BCUT2D eigenvalue weighted by atomic mass is 19.4. The molecule has 0 aromatic heterocycles. The van der Waals surface area contributed by atoms with Crippen LogP contribution >= 0.6 is 0 Å². The number of carbonyl (C=O) groups is 1. The van der Waals surface area contributed by atoms with Gasteiger partial charge in [-0.2, -0.15) is 13.2 Å². The van der Waals surface area contributed by atoms with Crippen LogP contribution in [0.3, 0.4) is 0 Å². The number of halogens is 3. The van der Waals surface area contributed by atoms with Crippen LogP contribution in [0.25, 0.3) is 5.57 Å². The second-order valence-corrected chi connectivity index (χ2v) is 10.00. The van der Waals surface area contributed by atoms with Crippen LogP contribution in [0, 0.1) is 17.3 Å². The third-order valence-electron chi connectivity index (χ3n) is 8.27. The maximum absolute atomic E-state index is 13.3. The van der Waals surface area contributed by atoms with Crippen LogP contribution in [0.5, 0.6) is 0 Å². The van der Waals surface area contributed by atoms with E-state index in [2.05, 4.69) is 6.08 Å². The molecule has 0 spiro atoms. The fourth-order valence-electron chi connectivity index (χ4n) is 6.83. The van der Waals surface area contributed by atoms with Crippen molar-refractivity contribution in [3.8, 4) is 0 Å². The van der Waals surface area contributed by atoms with Crippen LogP contribution < -0.4 is 0 Å². The molecule has 0 amide bonds. The maximum atomic E-state index is 13.3. The van der Waals surface area contributed by atoms with E-state index in [0.29, 0.717) is 17.5 Å². The lowest BCUT2D eigenvalue weighted by Crippen LogP contribution is -2.61. The number of rotatable bonds is 4. The Morgan fingerprint density at radius 3 is 2.19 bits per heavy atom. The molecule has 0 aliphatic heterocycles. The number of aliphatic hydroxyl groups is 1. The van der Waals surface area contributed by atoms with E-state index in [1.807, 2.05) is 66.7 Å². The first-order chi connectivity index (χ1) is 17.8. The highest BCUT2D eigenvalue weighted by Crippen LogP contribution is 2.68. The largest absolute Gasteiger partial charge is 0.490 e. The molecule has 1 fully saturated rings. The molecule has 2 bridgehead atoms. The summed E-state index contributed by atoms with van der Waals surface area (Å²) in [5.41, 5.74) is 1.53. The van der Waals surface area contributed by atoms with Crippen LogP contribution in [0.15, 0.2) is 103 Å². The van der Waals surface area contributed by atoms with Crippen molar-refractivity contribution in [2.75, 3.05) is 6.61 Å². The van der Waals surface area contributed by atoms with E-state index in [4.69, 9.17) is 4.74 Å². The Balaban J connectivity index is 1.72. The Morgan fingerprint density at radius 2 is 1.54 bits per heavy atom. The van der Waals surface area contributed by atoms with Gasteiger partial charge >= 0.3 is 12.1 Å².